The highest BCUT2D eigenvalue weighted by Gasteiger charge is 2.31. The maximum atomic E-state index is 13.1. The van der Waals surface area contributed by atoms with Crippen molar-refractivity contribution >= 4 is 11.6 Å². The van der Waals surface area contributed by atoms with Crippen molar-refractivity contribution in [3.63, 3.8) is 0 Å². The first kappa shape index (κ1) is 16.4. The molecule has 2 heterocycles. The zero-order chi connectivity index (χ0) is 16.1. The molecule has 126 valence electrons. The molecule has 1 amide bonds. The lowest BCUT2D eigenvalue weighted by Crippen LogP contribution is -2.48. The number of morpholine rings is 1. The first-order valence-corrected chi connectivity index (χ1v) is 8.22. The summed E-state index contributed by atoms with van der Waals surface area (Å²) in [5.41, 5.74) is 0.495. The molecule has 2 aliphatic rings. The highest BCUT2D eigenvalue weighted by atomic mass is 19.1. The molecule has 2 atom stereocenters. The second-order valence-electron chi connectivity index (χ2n) is 6.07. The van der Waals surface area contributed by atoms with Crippen molar-refractivity contribution in [2.45, 2.75) is 31.5 Å². The Morgan fingerprint density at radius 1 is 1.30 bits per heavy atom. The van der Waals surface area contributed by atoms with Gasteiger partial charge < -0.3 is 14.8 Å². The van der Waals surface area contributed by atoms with E-state index in [1.807, 2.05) is 0 Å². The average molecular weight is 322 g/mol. The molecule has 0 aliphatic carbocycles. The van der Waals surface area contributed by atoms with Gasteiger partial charge in [-0.25, -0.2) is 4.39 Å². The number of hydrogen-bond donors (Lipinski definition) is 1. The number of nitrogens with one attached hydrogen (secondary N) is 1. The first-order chi connectivity index (χ1) is 11.2. The van der Waals surface area contributed by atoms with Gasteiger partial charge in [0.2, 0.25) is 5.91 Å². The van der Waals surface area contributed by atoms with Crippen molar-refractivity contribution < 1.29 is 18.7 Å². The molecule has 0 spiro atoms. The van der Waals surface area contributed by atoms with E-state index in [2.05, 4.69) is 10.2 Å². The SMILES string of the molecule is O=C(CCN1CCO[C@@H]([C@@H]2CCCO2)C1)Nc1cccc(F)c1. The summed E-state index contributed by atoms with van der Waals surface area (Å²) < 4.78 is 24.6. The molecule has 0 bridgehead atoms. The molecule has 2 saturated heterocycles. The molecule has 2 fully saturated rings. The summed E-state index contributed by atoms with van der Waals surface area (Å²) in [6, 6.07) is 5.94. The van der Waals surface area contributed by atoms with Crippen LogP contribution in [0.3, 0.4) is 0 Å². The van der Waals surface area contributed by atoms with Crippen LogP contribution in [-0.2, 0) is 14.3 Å². The largest absolute Gasteiger partial charge is 0.375 e. The van der Waals surface area contributed by atoms with E-state index in [9.17, 15) is 9.18 Å². The summed E-state index contributed by atoms with van der Waals surface area (Å²) in [5.74, 6) is -0.453. The lowest BCUT2D eigenvalue weighted by molar-refractivity contribution is -0.118. The molecule has 0 radical (unpaired) electrons. The summed E-state index contributed by atoms with van der Waals surface area (Å²) in [5, 5.41) is 2.73. The van der Waals surface area contributed by atoms with Crippen LogP contribution in [0.1, 0.15) is 19.3 Å². The van der Waals surface area contributed by atoms with Crippen LogP contribution in [-0.4, -0.2) is 55.9 Å². The normalized spacial score (nSPS) is 25.4. The van der Waals surface area contributed by atoms with Crippen molar-refractivity contribution in [1.29, 1.82) is 0 Å². The van der Waals surface area contributed by atoms with Gasteiger partial charge in [0.15, 0.2) is 0 Å². The van der Waals surface area contributed by atoms with Gasteiger partial charge in [-0.15, -0.1) is 0 Å². The van der Waals surface area contributed by atoms with Crippen molar-refractivity contribution in [3.05, 3.63) is 30.1 Å². The third-order valence-electron chi connectivity index (χ3n) is 4.32. The zero-order valence-corrected chi connectivity index (χ0v) is 13.2. The molecular formula is C17H23FN2O3. The smallest absolute Gasteiger partial charge is 0.225 e. The van der Waals surface area contributed by atoms with E-state index in [-0.39, 0.29) is 23.9 Å². The Hall–Kier alpha value is -1.50. The van der Waals surface area contributed by atoms with Crippen LogP contribution in [0.25, 0.3) is 0 Å². The van der Waals surface area contributed by atoms with Gasteiger partial charge in [-0.1, -0.05) is 6.07 Å². The summed E-state index contributed by atoms with van der Waals surface area (Å²) in [6.07, 6.45) is 2.84. The van der Waals surface area contributed by atoms with Gasteiger partial charge in [0.05, 0.1) is 18.8 Å². The molecule has 5 nitrogen and oxygen atoms in total. The second-order valence-corrected chi connectivity index (χ2v) is 6.07. The standard InChI is InChI=1S/C17H23FN2O3/c18-13-3-1-4-14(11-13)19-17(21)6-7-20-8-10-23-16(12-20)15-5-2-9-22-15/h1,3-4,11,15-16H,2,5-10,12H2,(H,19,21)/t15-,16+/m0/s1. The molecule has 6 heteroatoms. The minimum atomic E-state index is -0.351. The number of nitrogens with zero attached hydrogens (tertiary/aromatic N) is 1. The number of carbonyl (C=O) groups is 1. The van der Waals surface area contributed by atoms with E-state index in [1.54, 1.807) is 12.1 Å². The number of anilines is 1. The monoisotopic (exact) mass is 322 g/mol. The molecule has 0 aromatic heterocycles. The molecule has 3 rings (SSSR count). The second kappa shape index (κ2) is 7.86. The maximum absolute atomic E-state index is 13.1. The zero-order valence-electron chi connectivity index (χ0n) is 13.2. The Morgan fingerprint density at radius 3 is 2.96 bits per heavy atom. The molecule has 0 saturated carbocycles. The van der Waals surface area contributed by atoms with Crippen LogP contribution >= 0.6 is 0 Å². The maximum Gasteiger partial charge on any atom is 0.225 e. The summed E-state index contributed by atoms with van der Waals surface area (Å²) in [4.78, 5) is 14.2. The quantitative estimate of drug-likeness (QED) is 0.901. The number of benzene rings is 1. The van der Waals surface area contributed by atoms with Gasteiger partial charge in [-0.2, -0.15) is 0 Å². The fraction of sp³-hybridized carbons (Fsp3) is 0.588. The van der Waals surface area contributed by atoms with E-state index in [0.29, 0.717) is 25.3 Å². The molecule has 1 aromatic rings. The minimum Gasteiger partial charge on any atom is -0.375 e. The predicted octanol–water partition coefficient (Wildman–Crippen LogP) is 2.03. The number of ether oxygens (including phenoxy) is 2. The minimum absolute atomic E-state index is 0.101. The molecule has 0 unspecified atom stereocenters. The fourth-order valence-electron chi connectivity index (χ4n) is 3.10. The van der Waals surface area contributed by atoms with E-state index >= 15 is 0 Å². The fourth-order valence-corrected chi connectivity index (χ4v) is 3.10. The lowest BCUT2D eigenvalue weighted by atomic mass is 10.1. The third-order valence-corrected chi connectivity index (χ3v) is 4.32. The van der Waals surface area contributed by atoms with Crippen molar-refractivity contribution in [3.8, 4) is 0 Å². The number of rotatable bonds is 5. The predicted molar refractivity (Wildman–Crippen MR) is 84.8 cm³/mol. The molecule has 1 aromatic carbocycles. The molecular weight excluding hydrogens is 299 g/mol. The van der Waals surface area contributed by atoms with Crippen LogP contribution in [0.4, 0.5) is 10.1 Å². The summed E-state index contributed by atoms with van der Waals surface area (Å²) in [6.45, 7) is 3.80. The van der Waals surface area contributed by atoms with E-state index in [4.69, 9.17) is 9.47 Å². The average Bonchev–Trinajstić information content (AvgIpc) is 3.08. The lowest BCUT2D eigenvalue weighted by Gasteiger charge is -2.35. The molecule has 23 heavy (non-hydrogen) atoms. The van der Waals surface area contributed by atoms with Crippen LogP contribution in [0, 0.1) is 5.82 Å². The van der Waals surface area contributed by atoms with Gasteiger partial charge in [0.25, 0.3) is 0 Å². The number of hydrogen-bond acceptors (Lipinski definition) is 4. The van der Waals surface area contributed by atoms with Crippen LogP contribution in [0.5, 0.6) is 0 Å². The topological polar surface area (TPSA) is 50.8 Å². The highest BCUT2D eigenvalue weighted by Crippen LogP contribution is 2.21. The van der Waals surface area contributed by atoms with Crippen molar-refractivity contribution in [2.24, 2.45) is 0 Å². The highest BCUT2D eigenvalue weighted by molar-refractivity contribution is 5.90. The van der Waals surface area contributed by atoms with E-state index in [0.717, 1.165) is 32.5 Å². The van der Waals surface area contributed by atoms with E-state index < -0.39 is 0 Å². The van der Waals surface area contributed by atoms with Gasteiger partial charge >= 0.3 is 0 Å². The third kappa shape index (κ3) is 4.73. The van der Waals surface area contributed by atoms with Crippen LogP contribution < -0.4 is 5.32 Å². The first-order valence-electron chi connectivity index (χ1n) is 8.22. The van der Waals surface area contributed by atoms with Gasteiger partial charge in [-0.3, -0.25) is 9.69 Å². The van der Waals surface area contributed by atoms with E-state index in [1.165, 1.54) is 12.1 Å². The summed E-state index contributed by atoms with van der Waals surface area (Å²) >= 11 is 0. The number of carbonyl (C=O) groups excluding carboxylic acids is 1. The van der Waals surface area contributed by atoms with Gasteiger partial charge in [0, 0.05) is 38.3 Å². The van der Waals surface area contributed by atoms with Crippen LogP contribution in [0.15, 0.2) is 24.3 Å². The van der Waals surface area contributed by atoms with Crippen molar-refractivity contribution in [2.75, 3.05) is 38.2 Å². The molecule has 1 N–H and O–H groups in total. The Kier molecular flexibility index (Phi) is 5.59. The Balaban J connectivity index is 1.43. The Bertz CT molecular complexity index is 534. The van der Waals surface area contributed by atoms with Gasteiger partial charge in [-0.05, 0) is 31.0 Å². The van der Waals surface area contributed by atoms with Crippen molar-refractivity contribution in [1.82, 2.24) is 4.90 Å². The molecule has 2 aliphatic heterocycles. The summed E-state index contributed by atoms with van der Waals surface area (Å²) in [7, 11) is 0. The number of halogens is 1. The Morgan fingerprint density at radius 2 is 2.17 bits per heavy atom. The number of amides is 1. The van der Waals surface area contributed by atoms with Crippen LogP contribution in [0.2, 0.25) is 0 Å². The Labute approximate surface area is 135 Å². The van der Waals surface area contributed by atoms with Gasteiger partial charge in [0.1, 0.15) is 5.82 Å².